The fourth-order valence-corrected chi connectivity index (χ4v) is 3.00. The highest BCUT2D eigenvalue weighted by Crippen LogP contribution is 2.54. The summed E-state index contributed by atoms with van der Waals surface area (Å²) in [6.07, 6.45) is 4.88. The fourth-order valence-electron chi connectivity index (χ4n) is 3.00. The topological polar surface area (TPSA) is 69.6 Å². The third-order valence-corrected chi connectivity index (χ3v) is 4.03. The van der Waals surface area contributed by atoms with Crippen molar-refractivity contribution in [1.82, 2.24) is 5.32 Å². The molecule has 116 valence electrons. The summed E-state index contributed by atoms with van der Waals surface area (Å²) in [5, 5.41) is 19.8. The number of benzene rings is 1. The lowest BCUT2D eigenvalue weighted by atomic mass is 9.87. The van der Waals surface area contributed by atoms with E-state index < -0.39 is 30.0 Å². The van der Waals surface area contributed by atoms with Crippen LogP contribution in [-0.4, -0.2) is 29.0 Å². The zero-order chi connectivity index (χ0) is 15.9. The number of hydrogen-bond acceptors (Lipinski definition) is 3. The van der Waals surface area contributed by atoms with E-state index in [0.717, 1.165) is 0 Å². The molecule has 3 N–H and O–H groups in total. The number of carbonyl (C=O) groups excluding carboxylic acids is 1. The number of halogens is 2. The van der Waals surface area contributed by atoms with E-state index in [9.17, 15) is 13.6 Å². The standard InChI is InChI=1S/C16H15F2NO3/c17-16(18)12-4-2-1-3-10(12)11-7-9(5-6-13(11)16)15(22)19-8-14(20)21/h1-7,10,12,14,20-21H,8H2,(H,19,22). The van der Waals surface area contributed by atoms with Gasteiger partial charge in [-0.1, -0.05) is 30.4 Å². The zero-order valence-corrected chi connectivity index (χ0v) is 11.5. The van der Waals surface area contributed by atoms with Gasteiger partial charge in [0.05, 0.1) is 12.5 Å². The quantitative estimate of drug-likeness (QED) is 0.744. The number of carbonyl (C=O) groups is 1. The summed E-state index contributed by atoms with van der Waals surface area (Å²) in [5.74, 6) is -4.87. The predicted molar refractivity (Wildman–Crippen MR) is 75.4 cm³/mol. The van der Waals surface area contributed by atoms with Gasteiger partial charge in [0.15, 0.2) is 6.29 Å². The second-order valence-corrected chi connectivity index (χ2v) is 5.44. The predicted octanol–water partition coefficient (Wildman–Crippen LogP) is 1.66. The Hall–Kier alpha value is -2.05. The Kier molecular flexibility index (Phi) is 3.58. The molecule has 6 heteroatoms. The third-order valence-electron chi connectivity index (χ3n) is 4.03. The van der Waals surface area contributed by atoms with Crippen LogP contribution >= 0.6 is 0 Å². The summed E-state index contributed by atoms with van der Waals surface area (Å²) < 4.78 is 28.8. The molecule has 2 aliphatic rings. The molecule has 0 aromatic heterocycles. The molecule has 0 spiro atoms. The molecule has 0 saturated heterocycles. The van der Waals surface area contributed by atoms with Crippen LogP contribution < -0.4 is 5.32 Å². The lowest BCUT2D eigenvalue weighted by molar-refractivity contribution is -0.0381. The van der Waals surface area contributed by atoms with Gasteiger partial charge < -0.3 is 15.5 Å². The van der Waals surface area contributed by atoms with Gasteiger partial charge in [0, 0.05) is 17.0 Å². The number of rotatable bonds is 3. The first-order valence-electron chi connectivity index (χ1n) is 6.93. The van der Waals surface area contributed by atoms with Crippen LogP contribution in [0.1, 0.15) is 27.4 Å². The molecular formula is C16H15F2NO3. The number of nitrogens with one attached hydrogen (secondary N) is 1. The Morgan fingerprint density at radius 1 is 1.27 bits per heavy atom. The Balaban J connectivity index is 1.93. The first kappa shape index (κ1) is 14.9. The van der Waals surface area contributed by atoms with Crippen molar-refractivity contribution in [2.45, 2.75) is 18.1 Å². The van der Waals surface area contributed by atoms with Gasteiger partial charge in [-0.15, -0.1) is 0 Å². The second-order valence-electron chi connectivity index (χ2n) is 5.44. The van der Waals surface area contributed by atoms with Crippen LogP contribution in [0.25, 0.3) is 0 Å². The Labute approximate surface area is 125 Å². The van der Waals surface area contributed by atoms with Crippen LogP contribution in [0.5, 0.6) is 0 Å². The van der Waals surface area contributed by atoms with Crippen molar-refractivity contribution in [2.75, 3.05) is 6.54 Å². The van der Waals surface area contributed by atoms with E-state index >= 15 is 0 Å². The van der Waals surface area contributed by atoms with Gasteiger partial charge in [0.25, 0.3) is 11.8 Å². The molecule has 0 bridgehead atoms. The van der Waals surface area contributed by atoms with E-state index in [1.807, 2.05) is 0 Å². The van der Waals surface area contributed by atoms with Gasteiger partial charge in [-0.05, 0) is 17.7 Å². The number of hydrogen-bond donors (Lipinski definition) is 3. The van der Waals surface area contributed by atoms with Crippen LogP contribution in [0.3, 0.4) is 0 Å². The molecule has 0 heterocycles. The lowest BCUT2D eigenvalue weighted by Crippen LogP contribution is -2.31. The summed E-state index contributed by atoms with van der Waals surface area (Å²) in [5.41, 5.74) is 0.601. The molecule has 0 radical (unpaired) electrons. The highest BCUT2D eigenvalue weighted by Gasteiger charge is 2.52. The van der Waals surface area contributed by atoms with E-state index in [4.69, 9.17) is 10.2 Å². The number of amides is 1. The number of allylic oxidation sites excluding steroid dienone is 4. The Morgan fingerprint density at radius 2 is 2.00 bits per heavy atom. The molecule has 0 saturated carbocycles. The molecular weight excluding hydrogens is 292 g/mol. The minimum atomic E-state index is -2.96. The van der Waals surface area contributed by atoms with Crippen molar-refractivity contribution in [3.8, 4) is 0 Å². The molecule has 2 atom stereocenters. The van der Waals surface area contributed by atoms with E-state index in [-0.39, 0.29) is 17.7 Å². The molecule has 0 fully saturated rings. The van der Waals surface area contributed by atoms with Gasteiger partial charge in [-0.2, -0.15) is 0 Å². The van der Waals surface area contributed by atoms with Crippen LogP contribution in [0, 0.1) is 5.92 Å². The molecule has 0 aliphatic heterocycles. The highest BCUT2D eigenvalue weighted by molar-refractivity contribution is 5.94. The number of alkyl halides is 2. The number of aliphatic hydroxyl groups is 2. The zero-order valence-electron chi connectivity index (χ0n) is 11.5. The van der Waals surface area contributed by atoms with E-state index in [1.54, 1.807) is 18.2 Å². The average Bonchev–Trinajstić information content (AvgIpc) is 2.73. The Morgan fingerprint density at radius 3 is 2.73 bits per heavy atom. The summed E-state index contributed by atoms with van der Waals surface area (Å²) in [6.45, 7) is -0.319. The SMILES string of the molecule is O=C(NCC(O)O)c1ccc2c(c1)C1C=CC=CC1C2(F)F. The van der Waals surface area contributed by atoms with Gasteiger partial charge in [0.1, 0.15) is 0 Å². The molecule has 4 nitrogen and oxygen atoms in total. The van der Waals surface area contributed by atoms with Gasteiger partial charge in [-0.25, -0.2) is 8.78 Å². The maximum atomic E-state index is 14.4. The number of fused-ring (bicyclic) bond motifs is 3. The smallest absolute Gasteiger partial charge is 0.280 e. The summed E-state index contributed by atoms with van der Waals surface area (Å²) in [6, 6.07) is 4.06. The van der Waals surface area contributed by atoms with Crippen molar-refractivity contribution >= 4 is 5.91 Å². The minimum absolute atomic E-state index is 0.0579. The largest absolute Gasteiger partial charge is 0.367 e. The Bertz CT molecular complexity index is 667. The fraction of sp³-hybridized carbons (Fsp3) is 0.312. The van der Waals surface area contributed by atoms with E-state index in [0.29, 0.717) is 5.56 Å². The van der Waals surface area contributed by atoms with Crippen molar-refractivity contribution in [3.05, 3.63) is 59.2 Å². The van der Waals surface area contributed by atoms with E-state index in [2.05, 4.69) is 5.32 Å². The molecule has 22 heavy (non-hydrogen) atoms. The van der Waals surface area contributed by atoms with Crippen molar-refractivity contribution in [3.63, 3.8) is 0 Å². The van der Waals surface area contributed by atoms with Gasteiger partial charge in [0.2, 0.25) is 0 Å². The van der Waals surface area contributed by atoms with Gasteiger partial charge in [-0.3, -0.25) is 4.79 Å². The van der Waals surface area contributed by atoms with Crippen LogP contribution in [0.15, 0.2) is 42.5 Å². The molecule has 1 amide bonds. The second kappa shape index (κ2) is 5.30. The molecule has 1 aromatic rings. The van der Waals surface area contributed by atoms with Crippen LogP contribution in [0.2, 0.25) is 0 Å². The highest BCUT2D eigenvalue weighted by atomic mass is 19.3. The monoisotopic (exact) mass is 307 g/mol. The summed E-state index contributed by atoms with van der Waals surface area (Å²) in [4.78, 5) is 11.9. The first-order valence-corrected chi connectivity index (χ1v) is 6.93. The van der Waals surface area contributed by atoms with Gasteiger partial charge >= 0.3 is 0 Å². The summed E-state index contributed by atoms with van der Waals surface area (Å²) >= 11 is 0. The van der Waals surface area contributed by atoms with Crippen molar-refractivity contribution in [1.29, 1.82) is 0 Å². The maximum Gasteiger partial charge on any atom is 0.280 e. The van der Waals surface area contributed by atoms with Crippen LogP contribution in [0.4, 0.5) is 8.78 Å². The lowest BCUT2D eigenvalue weighted by Gasteiger charge is -2.21. The first-order chi connectivity index (χ1) is 10.4. The third kappa shape index (κ3) is 2.34. The van der Waals surface area contributed by atoms with Crippen LogP contribution in [-0.2, 0) is 5.92 Å². The summed E-state index contributed by atoms with van der Waals surface area (Å²) in [7, 11) is 0. The van der Waals surface area contributed by atoms with Crippen molar-refractivity contribution in [2.24, 2.45) is 5.92 Å². The van der Waals surface area contributed by atoms with E-state index in [1.165, 1.54) is 24.3 Å². The maximum absolute atomic E-state index is 14.4. The molecule has 3 rings (SSSR count). The molecule has 2 aliphatic carbocycles. The van der Waals surface area contributed by atoms with Crippen molar-refractivity contribution < 1.29 is 23.8 Å². The normalized spacial score (nSPS) is 24.2. The number of aliphatic hydroxyl groups excluding tert-OH is 1. The molecule has 2 unspecified atom stereocenters. The molecule has 1 aromatic carbocycles. The minimum Gasteiger partial charge on any atom is -0.367 e. The average molecular weight is 307 g/mol.